The zero-order valence-corrected chi connectivity index (χ0v) is 17.2. The van der Waals surface area contributed by atoms with E-state index in [0.717, 1.165) is 15.1 Å². The Bertz CT molecular complexity index is 766. The number of nitrogens with zero attached hydrogens (tertiary/aromatic N) is 1. The molecule has 1 unspecified atom stereocenters. The molecule has 0 bridgehead atoms. The average molecular weight is 444 g/mol. The zero-order valence-electron chi connectivity index (χ0n) is 14.1. The zero-order chi connectivity index (χ0) is 18.4. The van der Waals surface area contributed by atoms with Crippen LogP contribution in [0.25, 0.3) is 0 Å². The number of hydrogen-bond donors (Lipinski definition) is 1. The summed E-state index contributed by atoms with van der Waals surface area (Å²) in [5, 5.41) is 3.47. The molecule has 0 heterocycles. The Balaban J connectivity index is 1.88. The highest BCUT2D eigenvalue weighted by Gasteiger charge is 2.12. The Hall–Kier alpha value is -1.37. The first-order valence-electron chi connectivity index (χ1n) is 7.78. The van der Waals surface area contributed by atoms with Gasteiger partial charge in [-0.3, -0.25) is 9.00 Å². The molecule has 2 aromatic carbocycles. The first-order valence-corrected chi connectivity index (χ1v) is 10.3. The molecule has 0 fully saturated rings. The predicted octanol–water partition coefficient (Wildman–Crippen LogP) is 4.70. The SMILES string of the molecule is CN(C)c1c(Cl)cccc1NC(=O)CCCS(=O)c1ccc(Br)cc1. The summed E-state index contributed by atoms with van der Waals surface area (Å²) in [5.41, 5.74) is 1.45. The van der Waals surface area contributed by atoms with E-state index in [1.54, 1.807) is 12.1 Å². The standard InChI is InChI=1S/C18H20BrClN2O2S/c1-22(2)18-15(20)5-3-6-16(18)21-17(23)7-4-12-25(24)14-10-8-13(19)9-11-14/h3,5-6,8-11H,4,7,12H2,1-2H3,(H,21,23). The van der Waals surface area contributed by atoms with E-state index in [4.69, 9.17) is 11.6 Å². The molecular weight excluding hydrogens is 424 g/mol. The molecule has 2 rings (SSSR count). The van der Waals surface area contributed by atoms with Gasteiger partial charge >= 0.3 is 0 Å². The van der Waals surface area contributed by atoms with Gasteiger partial charge in [-0.15, -0.1) is 0 Å². The van der Waals surface area contributed by atoms with Gasteiger partial charge in [-0.05, 0) is 42.8 Å². The second-order valence-electron chi connectivity index (χ2n) is 5.69. The molecule has 1 atom stereocenters. The third kappa shape index (κ3) is 5.83. The van der Waals surface area contributed by atoms with Crippen LogP contribution in [-0.4, -0.2) is 30.0 Å². The van der Waals surface area contributed by atoms with Gasteiger partial charge in [0, 0.05) is 35.6 Å². The molecule has 0 aromatic heterocycles. The number of carbonyl (C=O) groups is 1. The largest absolute Gasteiger partial charge is 0.375 e. The molecule has 2 aromatic rings. The average Bonchev–Trinajstić information content (AvgIpc) is 2.55. The second-order valence-corrected chi connectivity index (χ2v) is 8.58. The summed E-state index contributed by atoms with van der Waals surface area (Å²) in [4.78, 5) is 14.8. The van der Waals surface area contributed by atoms with Crippen molar-refractivity contribution in [3.05, 3.63) is 52.0 Å². The lowest BCUT2D eigenvalue weighted by molar-refractivity contribution is -0.116. The summed E-state index contributed by atoms with van der Waals surface area (Å²) >= 11 is 9.55. The summed E-state index contributed by atoms with van der Waals surface area (Å²) < 4.78 is 13.2. The van der Waals surface area contributed by atoms with Crippen LogP contribution in [0.4, 0.5) is 11.4 Å². The quantitative estimate of drug-likeness (QED) is 0.675. The molecular formula is C18H20BrClN2O2S. The highest BCUT2D eigenvalue weighted by molar-refractivity contribution is 9.10. The number of anilines is 2. The van der Waals surface area contributed by atoms with Gasteiger partial charge in [-0.25, -0.2) is 0 Å². The van der Waals surface area contributed by atoms with Gasteiger partial charge in [0.1, 0.15) is 0 Å². The monoisotopic (exact) mass is 442 g/mol. The Kier molecular flexibility index (Phi) is 7.47. The fourth-order valence-electron chi connectivity index (χ4n) is 2.35. The van der Waals surface area contributed by atoms with Gasteiger partial charge in [0.05, 0.1) is 27.2 Å². The number of rotatable bonds is 7. The van der Waals surface area contributed by atoms with Crippen LogP contribution in [0.3, 0.4) is 0 Å². The van der Waals surface area contributed by atoms with Crippen LogP contribution in [-0.2, 0) is 15.6 Å². The number of benzene rings is 2. The van der Waals surface area contributed by atoms with E-state index in [-0.39, 0.29) is 5.91 Å². The Labute approximate surface area is 164 Å². The summed E-state index contributed by atoms with van der Waals surface area (Å²) in [6.45, 7) is 0. The van der Waals surface area contributed by atoms with Gasteiger partial charge in [0.15, 0.2) is 0 Å². The number of para-hydroxylation sites is 1. The van der Waals surface area contributed by atoms with Gasteiger partial charge in [-0.2, -0.15) is 0 Å². The van der Waals surface area contributed by atoms with Crippen LogP contribution in [0, 0.1) is 0 Å². The van der Waals surface area contributed by atoms with Crippen molar-refractivity contribution in [2.75, 3.05) is 30.1 Å². The first-order chi connectivity index (χ1) is 11.9. The van der Waals surface area contributed by atoms with Crippen LogP contribution >= 0.6 is 27.5 Å². The van der Waals surface area contributed by atoms with E-state index < -0.39 is 10.8 Å². The Morgan fingerprint density at radius 3 is 2.52 bits per heavy atom. The first kappa shape index (κ1) is 19.9. The van der Waals surface area contributed by atoms with E-state index in [2.05, 4.69) is 21.2 Å². The molecule has 0 saturated heterocycles. The molecule has 0 radical (unpaired) electrons. The smallest absolute Gasteiger partial charge is 0.224 e. The van der Waals surface area contributed by atoms with Crippen LogP contribution < -0.4 is 10.2 Å². The molecule has 4 nitrogen and oxygen atoms in total. The fourth-order valence-corrected chi connectivity index (χ4v) is 4.04. The maximum Gasteiger partial charge on any atom is 0.224 e. The second kappa shape index (κ2) is 9.36. The van der Waals surface area contributed by atoms with E-state index in [1.807, 2.05) is 49.3 Å². The van der Waals surface area contributed by atoms with Crippen molar-refractivity contribution in [2.45, 2.75) is 17.7 Å². The molecule has 0 aliphatic carbocycles. The third-order valence-corrected chi connectivity index (χ3v) is 5.81. The van der Waals surface area contributed by atoms with Crippen molar-refractivity contribution in [1.82, 2.24) is 0 Å². The van der Waals surface area contributed by atoms with Crippen molar-refractivity contribution in [1.29, 1.82) is 0 Å². The van der Waals surface area contributed by atoms with Crippen molar-refractivity contribution >= 4 is 55.6 Å². The highest BCUT2D eigenvalue weighted by atomic mass is 79.9. The minimum Gasteiger partial charge on any atom is -0.375 e. The summed E-state index contributed by atoms with van der Waals surface area (Å²) in [6, 6.07) is 12.8. The van der Waals surface area contributed by atoms with Crippen LogP contribution in [0.1, 0.15) is 12.8 Å². The number of amides is 1. The van der Waals surface area contributed by atoms with Crippen molar-refractivity contribution in [3.63, 3.8) is 0 Å². The van der Waals surface area contributed by atoms with Crippen molar-refractivity contribution in [2.24, 2.45) is 0 Å². The van der Waals surface area contributed by atoms with Gasteiger partial charge in [-0.1, -0.05) is 33.6 Å². The van der Waals surface area contributed by atoms with Crippen molar-refractivity contribution in [3.8, 4) is 0 Å². The minimum absolute atomic E-state index is 0.113. The topological polar surface area (TPSA) is 49.4 Å². The molecule has 1 amide bonds. The molecule has 1 N–H and O–H groups in total. The van der Waals surface area contributed by atoms with Crippen LogP contribution in [0.2, 0.25) is 5.02 Å². The lowest BCUT2D eigenvalue weighted by Crippen LogP contribution is -2.17. The molecule has 0 spiro atoms. The van der Waals surface area contributed by atoms with E-state index in [9.17, 15) is 9.00 Å². The molecule has 25 heavy (non-hydrogen) atoms. The number of carbonyl (C=O) groups excluding carboxylic acids is 1. The van der Waals surface area contributed by atoms with E-state index in [1.165, 1.54) is 0 Å². The number of nitrogens with one attached hydrogen (secondary N) is 1. The molecule has 134 valence electrons. The van der Waals surface area contributed by atoms with Crippen LogP contribution in [0.5, 0.6) is 0 Å². The maximum atomic E-state index is 12.2. The summed E-state index contributed by atoms with van der Waals surface area (Å²) in [6.07, 6.45) is 0.855. The molecule has 0 saturated carbocycles. The predicted molar refractivity (Wildman–Crippen MR) is 109 cm³/mol. The lowest BCUT2D eigenvalue weighted by Gasteiger charge is -2.19. The summed E-state index contributed by atoms with van der Waals surface area (Å²) in [7, 11) is 2.65. The lowest BCUT2D eigenvalue weighted by atomic mass is 10.2. The van der Waals surface area contributed by atoms with Gasteiger partial charge < -0.3 is 10.2 Å². The normalized spacial score (nSPS) is 11.8. The maximum absolute atomic E-state index is 12.2. The fraction of sp³-hybridized carbons (Fsp3) is 0.278. The highest BCUT2D eigenvalue weighted by Crippen LogP contribution is 2.32. The van der Waals surface area contributed by atoms with Gasteiger partial charge in [0.2, 0.25) is 5.91 Å². The van der Waals surface area contributed by atoms with Crippen molar-refractivity contribution < 1.29 is 9.00 Å². The summed E-state index contributed by atoms with van der Waals surface area (Å²) in [5.74, 6) is 0.337. The van der Waals surface area contributed by atoms with E-state index >= 15 is 0 Å². The Morgan fingerprint density at radius 1 is 1.20 bits per heavy atom. The molecule has 0 aliphatic heterocycles. The molecule has 7 heteroatoms. The number of halogens is 2. The number of hydrogen-bond acceptors (Lipinski definition) is 3. The van der Waals surface area contributed by atoms with Gasteiger partial charge in [0.25, 0.3) is 0 Å². The van der Waals surface area contributed by atoms with E-state index in [0.29, 0.717) is 29.3 Å². The third-order valence-electron chi connectivity index (χ3n) is 3.52. The Morgan fingerprint density at radius 2 is 1.88 bits per heavy atom. The van der Waals surface area contributed by atoms with Crippen LogP contribution in [0.15, 0.2) is 51.8 Å². The molecule has 0 aliphatic rings. The minimum atomic E-state index is -1.10.